The molecule has 1 N–H and O–H groups in total. The van der Waals surface area contributed by atoms with E-state index in [9.17, 15) is 15.2 Å². The Morgan fingerprint density at radius 2 is 2.42 bits per heavy atom. The Labute approximate surface area is 108 Å². The van der Waals surface area contributed by atoms with Gasteiger partial charge in [-0.05, 0) is 18.9 Å². The molecule has 0 bridgehead atoms. The molecular weight excluding hydrogens is 250 g/mol. The molecule has 2 heterocycles. The molecular formula is C12H13N3O4. The number of nitrogens with zero attached hydrogens (tertiary/aromatic N) is 3. The van der Waals surface area contributed by atoms with Gasteiger partial charge in [0.05, 0.1) is 17.6 Å². The Bertz CT molecular complexity index is 624. The summed E-state index contributed by atoms with van der Waals surface area (Å²) >= 11 is 0. The first-order valence-electron chi connectivity index (χ1n) is 6.11. The van der Waals surface area contributed by atoms with E-state index in [1.54, 1.807) is 6.07 Å². The first kappa shape index (κ1) is 11.9. The number of hydrogen-bond donors (Lipinski definition) is 1. The Morgan fingerprint density at radius 1 is 1.58 bits per heavy atom. The van der Waals surface area contributed by atoms with E-state index >= 15 is 0 Å². The molecule has 0 unspecified atom stereocenters. The van der Waals surface area contributed by atoms with Crippen LogP contribution in [0.3, 0.4) is 0 Å². The van der Waals surface area contributed by atoms with Gasteiger partial charge in [0.25, 0.3) is 11.7 Å². The maximum Gasteiger partial charge on any atom is 0.298 e. The molecule has 1 fully saturated rings. The molecule has 0 aliphatic carbocycles. The second kappa shape index (κ2) is 4.51. The van der Waals surface area contributed by atoms with Crippen molar-refractivity contribution in [3.63, 3.8) is 0 Å². The van der Waals surface area contributed by atoms with Crippen LogP contribution < -0.4 is 4.90 Å². The van der Waals surface area contributed by atoms with Crippen LogP contribution in [0.5, 0.6) is 0 Å². The highest BCUT2D eigenvalue weighted by molar-refractivity contribution is 5.77. The number of nitro groups is 1. The number of rotatable bonds is 3. The fourth-order valence-electron chi connectivity index (χ4n) is 2.42. The van der Waals surface area contributed by atoms with Crippen LogP contribution in [0.1, 0.15) is 12.8 Å². The number of hydrogen-bond acceptors (Lipinski definition) is 6. The summed E-state index contributed by atoms with van der Waals surface area (Å²) < 4.78 is 5.60. The zero-order valence-electron chi connectivity index (χ0n) is 10.2. The zero-order chi connectivity index (χ0) is 13.4. The number of aliphatic hydroxyl groups is 1. The molecule has 1 atom stereocenters. The van der Waals surface area contributed by atoms with Crippen molar-refractivity contribution in [1.82, 2.24) is 4.98 Å². The average molecular weight is 263 g/mol. The number of oxazole rings is 1. The van der Waals surface area contributed by atoms with Crippen LogP contribution in [-0.2, 0) is 0 Å². The summed E-state index contributed by atoms with van der Waals surface area (Å²) in [7, 11) is 0. The smallest absolute Gasteiger partial charge is 0.298 e. The summed E-state index contributed by atoms with van der Waals surface area (Å²) in [6.45, 7) is 0.832. The highest BCUT2D eigenvalue weighted by atomic mass is 16.6. The minimum Gasteiger partial charge on any atom is -0.423 e. The van der Waals surface area contributed by atoms with Gasteiger partial charge in [-0.1, -0.05) is 0 Å². The summed E-state index contributed by atoms with van der Waals surface area (Å²) in [5.74, 6) is 0. The first-order valence-corrected chi connectivity index (χ1v) is 6.11. The molecule has 7 nitrogen and oxygen atoms in total. The summed E-state index contributed by atoms with van der Waals surface area (Å²) in [5, 5.41) is 20.0. The highest BCUT2D eigenvalue weighted by Crippen LogP contribution is 2.29. The fourth-order valence-corrected chi connectivity index (χ4v) is 2.42. The molecule has 1 aliphatic heterocycles. The highest BCUT2D eigenvalue weighted by Gasteiger charge is 2.27. The van der Waals surface area contributed by atoms with Gasteiger partial charge in [0.15, 0.2) is 5.58 Å². The molecule has 1 saturated heterocycles. The Balaban J connectivity index is 1.99. The number of benzene rings is 1. The van der Waals surface area contributed by atoms with E-state index in [2.05, 4.69) is 4.98 Å². The molecule has 1 aromatic carbocycles. The van der Waals surface area contributed by atoms with Crippen molar-refractivity contribution in [2.75, 3.05) is 18.1 Å². The standard InChI is InChI=1S/C12H13N3O4/c16-7-9-2-1-5-14(9)12-13-10-6-8(15(17)18)3-4-11(10)19-12/h3-4,6,9,16H,1-2,5,7H2/t9-/m1/s1. The van der Waals surface area contributed by atoms with Gasteiger partial charge in [-0.25, -0.2) is 0 Å². The van der Waals surface area contributed by atoms with E-state index in [4.69, 9.17) is 4.42 Å². The Morgan fingerprint density at radius 3 is 3.16 bits per heavy atom. The van der Waals surface area contributed by atoms with Crippen molar-refractivity contribution in [2.24, 2.45) is 0 Å². The quantitative estimate of drug-likeness (QED) is 0.669. The number of aliphatic hydroxyl groups excluding tert-OH is 1. The first-order chi connectivity index (χ1) is 9.19. The topological polar surface area (TPSA) is 92.6 Å². The molecule has 7 heteroatoms. The minimum atomic E-state index is -0.458. The molecule has 0 spiro atoms. The summed E-state index contributed by atoms with van der Waals surface area (Å²) in [4.78, 5) is 16.4. The van der Waals surface area contributed by atoms with Crippen LogP contribution in [0, 0.1) is 10.1 Å². The number of anilines is 1. The molecule has 1 aliphatic rings. The number of nitro benzene ring substituents is 1. The van der Waals surface area contributed by atoms with Crippen LogP contribution in [0.25, 0.3) is 11.1 Å². The fraction of sp³-hybridized carbons (Fsp3) is 0.417. The minimum absolute atomic E-state index is 0.00696. The monoisotopic (exact) mass is 263 g/mol. The predicted molar refractivity (Wildman–Crippen MR) is 68.1 cm³/mol. The number of non-ortho nitro benzene ring substituents is 1. The van der Waals surface area contributed by atoms with Crippen molar-refractivity contribution in [1.29, 1.82) is 0 Å². The lowest BCUT2D eigenvalue weighted by Crippen LogP contribution is -2.32. The number of aromatic nitrogens is 1. The summed E-state index contributed by atoms with van der Waals surface area (Å²) in [5.41, 5.74) is 0.976. The van der Waals surface area contributed by atoms with Crippen molar-refractivity contribution >= 4 is 22.8 Å². The molecule has 0 radical (unpaired) electrons. The van der Waals surface area contributed by atoms with Crippen LogP contribution in [0.2, 0.25) is 0 Å². The second-order valence-electron chi connectivity index (χ2n) is 4.58. The van der Waals surface area contributed by atoms with Gasteiger partial charge in [-0.15, -0.1) is 0 Å². The van der Waals surface area contributed by atoms with Crippen LogP contribution in [0.15, 0.2) is 22.6 Å². The third-order valence-corrected chi connectivity index (χ3v) is 3.40. The molecule has 0 amide bonds. The van der Waals surface area contributed by atoms with E-state index in [1.807, 2.05) is 4.90 Å². The van der Waals surface area contributed by atoms with Gasteiger partial charge in [-0.3, -0.25) is 10.1 Å². The lowest BCUT2D eigenvalue weighted by Gasteiger charge is -2.20. The molecule has 3 rings (SSSR count). The van der Waals surface area contributed by atoms with Gasteiger partial charge in [-0.2, -0.15) is 4.98 Å². The van der Waals surface area contributed by atoms with Crippen LogP contribution in [-0.4, -0.2) is 34.2 Å². The normalized spacial score (nSPS) is 19.2. The Hall–Kier alpha value is -2.15. The van der Waals surface area contributed by atoms with Crippen LogP contribution >= 0.6 is 0 Å². The van der Waals surface area contributed by atoms with Gasteiger partial charge >= 0.3 is 0 Å². The van der Waals surface area contributed by atoms with Crippen LogP contribution in [0.4, 0.5) is 11.7 Å². The summed E-state index contributed by atoms with van der Waals surface area (Å²) in [6.07, 6.45) is 1.87. The third kappa shape index (κ3) is 2.01. The van der Waals surface area contributed by atoms with E-state index in [-0.39, 0.29) is 18.3 Å². The van der Waals surface area contributed by atoms with E-state index in [0.29, 0.717) is 17.1 Å². The van der Waals surface area contributed by atoms with Crippen molar-refractivity contribution in [3.05, 3.63) is 28.3 Å². The van der Waals surface area contributed by atoms with E-state index < -0.39 is 4.92 Å². The van der Waals surface area contributed by atoms with E-state index in [1.165, 1.54) is 12.1 Å². The lowest BCUT2D eigenvalue weighted by molar-refractivity contribution is -0.384. The number of fused-ring (bicyclic) bond motifs is 1. The molecule has 1 aromatic heterocycles. The maximum atomic E-state index is 10.7. The molecule has 2 aromatic rings. The Kier molecular flexibility index (Phi) is 2.83. The van der Waals surface area contributed by atoms with Gasteiger partial charge < -0.3 is 14.4 Å². The van der Waals surface area contributed by atoms with Crippen molar-refractivity contribution in [3.8, 4) is 0 Å². The molecule has 19 heavy (non-hydrogen) atoms. The predicted octanol–water partition coefficient (Wildman–Crippen LogP) is 1.70. The summed E-state index contributed by atoms with van der Waals surface area (Å²) in [6, 6.07) is 4.78. The lowest BCUT2D eigenvalue weighted by atomic mass is 10.2. The maximum absolute atomic E-state index is 10.7. The molecule has 100 valence electrons. The third-order valence-electron chi connectivity index (χ3n) is 3.40. The average Bonchev–Trinajstić information content (AvgIpc) is 3.03. The zero-order valence-corrected chi connectivity index (χ0v) is 10.2. The van der Waals surface area contributed by atoms with Gasteiger partial charge in [0.2, 0.25) is 0 Å². The van der Waals surface area contributed by atoms with Gasteiger partial charge in [0.1, 0.15) is 5.52 Å². The van der Waals surface area contributed by atoms with Crippen molar-refractivity contribution < 1.29 is 14.4 Å². The van der Waals surface area contributed by atoms with Gasteiger partial charge in [0, 0.05) is 18.7 Å². The second-order valence-corrected chi connectivity index (χ2v) is 4.58. The van der Waals surface area contributed by atoms with E-state index in [0.717, 1.165) is 19.4 Å². The molecule has 0 saturated carbocycles. The SMILES string of the molecule is O=[N+]([O-])c1ccc2oc(N3CCC[C@@H]3CO)nc2c1. The largest absolute Gasteiger partial charge is 0.423 e. The van der Waals surface area contributed by atoms with Crippen molar-refractivity contribution in [2.45, 2.75) is 18.9 Å².